The van der Waals surface area contributed by atoms with Crippen molar-refractivity contribution in [3.63, 3.8) is 0 Å². The van der Waals surface area contributed by atoms with Crippen LogP contribution >= 0.6 is 0 Å². The molecular weight excluding hydrogens is 334 g/mol. The average molecular weight is 357 g/mol. The number of aryl methyl sites for hydroxylation is 1. The van der Waals surface area contributed by atoms with Crippen LogP contribution in [0.5, 0.6) is 0 Å². The monoisotopic (exact) mass is 357 g/mol. The molecule has 27 heavy (non-hydrogen) atoms. The van der Waals surface area contributed by atoms with Gasteiger partial charge in [0, 0.05) is 56.9 Å². The van der Waals surface area contributed by atoms with E-state index in [-0.39, 0.29) is 0 Å². The second-order valence-corrected chi connectivity index (χ2v) is 7.30. The fourth-order valence-corrected chi connectivity index (χ4v) is 4.02. The molecule has 0 bridgehead atoms. The van der Waals surface area contributed by atoms with E-state index >= 15 is 0 Å². The number of nitrogens with zero attached hydrogens (tertiary/aromatic N) is 5. The SMILES string of the molecule is Cn1ccc2ccc(CN3CCN(c4ncnc5ccccc45)CC3)cc21. The van der Waals surface area contributed by atoms with Crippen LogP contribution in [0, 0.1) is 0 Å². The van der Waals surface area contributed by atoms with Gasteiger partial charge in [0.15, 0.2) is 0 Å². The summed E-state index contributed by atoms with van der Waals surface area (Å²) in [6.07, 6.45) is 3.80. The summed E-state index contributed by atoms with van der Waals surface area (Å²) in [4.78, 5) is 13.9. The fourth-order valence-electron chi connectivity index (χ4n) is 4.02. The Morgan fingerprint density at radius 1 is 0.926 bits per heavy atom. The Bertz CT molecular complexity index is 1090. The minimum absolute atomic E-state index is 0.993. The Morgan fingerprint density at radius 2 is 1.78 bits per heavy atom. The Kier molecular flexibility index (Phi) is 4.02. The van der Waals surface area contributed by atoms with Gasteiger partial charge in [-0.05, 0) is 35.2 Å². The summed E-state index contributed by atoms with van der Waals surface area (Å²) < 4.78 is 2.19. The average Bonchev–Trinajstić information content (AvgIpc) is 3.09. The van der Waals surface area contributed by atoms with Crippen LogP contribution in [0.4, 0.5) is 5.82 Å². The summed E-state index contributed by atoms with van der Waals surface area (Å²) in [5.74, 6) is 1.06. The summed E-state index contributed by atoms with van der Waals surface area (Å²) in [7, 11) is 2.11. The van der Waals surface area contributed by atoms with Crippen molar-refractivity contribution in [1.82, 2.24) is 19.4 Å². The molecule has 136 valence electrons. The quantitative estimate of drug-likeness (QED) is 0.563. The zero-order chi connectivity index (χ0) is 18.2. The molecule has 1 aliphatic rings. The van der Waals surface area contributed by atoms with E-state index in [1.165, 1.54) is 16.5 Å². The fraction of sp³-hybridized carbons (Fsp3) is 0.273. The van der Waals surface area contributed by atoms with Crippen molar-refractivity contribution in [3.8, 4) is 0 Å². The third kappa shape index (κ3) is 3.04. The number of para-hydroxylation sites is 1. The maximum absolute atomic E-state index is 4.57. The number of hydrogen-bond acceptors (Lipinski definition) is 4. The van der Waals surface area contributed by atoms with Crippen molar-refractivity contribution in [3.05, 3.63) is 66.6 Å². The van der Waals surface area contributed by atoms with Crippen molar-refractivity contribution in [2.75, 3.05) is 31.1 Å². The standard InChI is InChI=1S/C22H23N5/c1-25-9-8-18-7-6-17(14-21(18)25)15-26-10-12-27(13-11-26)22-19-4-2-3-5-20(19)23-16-24-22/h2-9,14,16H,10-13,15H2,1H3. The lowest BCUT2D eigenvalue weighted by Gasteiger charge is -2.35. The molecule has 0 amide bonds. The molecule has 0 spiro atoms. The van der Waals surface area contributed by atoms with E-state index in [4.69, 9.17) is 0 Å². The van der Waals surface area contributed by atoms with E-state index in [0.29, 0.717) is 0 Å². The molecule has 2 aromatic heterocycles. The highest BCUT2D eigenvalue weighted by Gasteiger charge is 2.20. The van der Waals surface area contributed by atoms with Gasteiger partial charge in [-0.3, -0.25) is 4.90 Å². The number of hydrogen-bond donors (Lipinski definition) is 0. The van der Waals surface area contributed by atoms with Crippen molar-refractivity contribution in [2.24, 2.45) is 7.05 Å². The first kappa shape index (κ1) is 16.3. The zero-order valence-corrected chi connectivity index (χ0v) is 15.5. The van der Waals surface area contributed by atoms with Crippen molar-refractivity contribution >= 4 is 27.6 Å². The van der Waals surface area contributed by atoms with Gasteiger partial charge in [-0.15, -0.1) is 0 Å². The Balaban J connectivity index is 1.30. The highest BCUT2D eigenvalue weighted by atomic mass is 15.3. The first-order valence-corrected chi connectivity index (χ1v) is 9.49. The highest BCUT2D eigenvalue weighted by Crippen LogP contribution is 2.24. The van der Waals surface area contributed by atoms with E-state index in [9.17, 15) is 0 Å². The van der Waals surface area contributed by atoms with Gasteiger partial charge in [0.1, 0.15) is 12.1 Å². The largest absolute Gasteiger partial charge is 0.353 e. The summed E-state index contributed by atoms with van der Waals surface area (Å²) in [5, 5.41) is 2.45. The summed E-state index contributed by atoms with van der Waals surface area (Å²) in [6, 6.07) is 17.2. The van der Waals surface area contributed by atoms with Crippen LogP contribution in [0.25, 0.3) is 21.8 Å². The normalized spacial score (nSPS) is 15.7. The van der Waals surface area contributed by atoms with Gasteiger partial charge in [-0.2, -0.15) is 0 Å². The lowest BCUT2D eigenvalue weighted by molar-refractivity contribution is 0.249. The molecule has 5 nitrogen and oxygen atoms in total. The number of fused-ring (bicyclic) bond motifs is 2. The predicted molar refractivity (Wildman–Crippen MR) is 110 cm³/mol. The first-order chi connectivity index (χ1) is 13.3. The second kappa shape index (κ2) is 6.67. The van der Waals surface area contributed by atoms with Crippen LogP contribution in [0.2, 0.25) is 0 Å². The van der Waals surface area contributed by atoms with Gasteiger partial charge in [-0.1, -0.05) is 24.3 Å². The van der Waals surface area contributed by atoms with E-state index in [1.54, 1.807) is 6.33 Å². The second-order valence-electron chi connectivity index (χ2n) is 7.30. The molecule has 0 aliphatic carbocycles. The Morgan fingerprint density at radius 3 is 2.67 bits per heavy atom. The van der Waals surface area contributed by atoms with E-state index in [2.05, 4.69) is 80.0 Å². The lowest BCUT2D eigenvalue weighted by Crippen LogP contribution is -2.46. The number of anilines is 1. The van der Waals surface area contributed by atoms with Crippen LogP contribution in [-0.4, -0.2) is 45.6 Å². The third-order valence-electron chi connectivity index (χ3n) is 5.55. The molecule has 0 N–H and O–H groups in total. The molecule has 0 saturated carbocycles. The molecule has 1 aliphatic heterocycles. The summed E-state index contributed by atoms with van der Waals surface area (Å²) >= 11 is 0. The number of rotatable bonds is 3. The predicted octanol–water partition coefficient (Wildman–Crippen LogP) is 3.44. The minimum Gasteiger partial charge on any atom is -0.353 e. The highest BCUT2D eigenvalue weighted by molar-refractivity contribution is 5.89. The van der Waals surface area contributed by atoms with E-state index in [1.807, 2.05) is 6.07 Å². The maximum atomic E-state index is 4.57. The minimum atomic E-state index is 0.993. The molecule has 2 aromatic carbocycles. The first-order valence-electron chi connectivity index (χ1n) is 9.49. The molecule has 0 atom stereocenters. The molecule has 1 saturated heterocycles. The van der Waals surface area contributed by atoms with Crippen LogP contribution < -0.4 is 4.90 Å². The van der Waals surface area contributed by atoms with Gasteiger partial charge in [0.05, 0.1) is 5.52 Å². The zero-order valence-electron chi connectivity index (χ0n) is 15.5. The molecule has 3 heterocycles. The van der Waals surface area contributed by atoms with Crippen molar-refractivity contribution in [2.45, 2.75) is 6.54 Å². The molecule has 4 aromatic rings. The summed E-state index contributed by atoms with van der Waals surface area (Å²) in [5.41, 5.74) is 3.70. The molecule has 5 heteroatoms. The smallest absolute Gasteiger partial charge is 0.139 e. The molecule has 0 radical (unpaired) electrons. The van der Waals surface area contributed by atoms with Crippen molar-refractivity contribution in [1.29, 1.82) is 0 Å². The third-order valence-corrected chi connectivity index (χ3v) is 5.55. The van der Waals surface area contributed by atoms with Gasteiger partial charge in [-0.25, -0.2) is 9.97 Å². The lowest BCUT2D eigenvalue weighted by atomic mass is 10.1. The van der Waals surface area contributed by atoms with E-state index in [0.717, 1.165) is 49.4 Å². The molecule has 1 fully saturated rings. The van der Waals surface area contributed by atoms with Crippen LogP contribution in [0.1, 0.15) is 5.56 Å². The van der Waals surface area contributed by atoms with Gasteiger partial charge in [0.25, 0.3) is 0 Å². The number of aromatic nitrogens is 3. The van der Waals surface area contributed by atoms with Gasteiger partial charge in [0.2, 0.25) is 0 Å². The maximum Gasteiger partial charge on any atom is 0.139 e. The Hall–Kier alpha value is -2.92. The summed E-state index contributed by atoms with van der Waals surface area (Å²) in [6.45, 7) is 5.08. The number of piperazine rings is 1. The Labute approximate surface area is 158 Å². The molecular formula is C22H23N5. The topological polar surface area (TPSA) is 37.2 Å². The van der Waals surface area contributed by atoms with E-state index < -0.39 is 0 Å². The molecule has 5 rings (SSSR count). The number of benzene rings is 2. The van der Waals surface area contributed by atoms with Crippen LogP contribution in [0.3, 0.4) is 0 Å². The van der Waals surface area contributed by atoms with Crippen LogP contribution in [0.15, 0.2) is 61.1 Å². The van der Waals surface area contributed by atoms with Crippen molar-refractivity contribution < 1.29 is 0 Å². The molecule has 0 unspecified atom stereocenters. The van der Waals surface area contributed by atoms with Gasteiger partial charge >= 0.3 is 0 Å². The van der Waals surface area contributed by atoms with Gasteiger partial charge < -0.3 is 9.47 Å². The van der Waals surface area contributed by atoms with Crippen LogP contribution in [-0.2, 0) is 13.6 Å².